The minimum absolute atomic E-state index is 0.0299. The van der Waals surface area contributed by atoms with Gasteiger partial charge in [0.05, 0.1) is 19.3 Å². The third-order valence-corrected chi connectivity index (χ3v) is 13.8. The number of ether oxygens (including phenoxy) is 1. The summed E-state index contributed by atoms with van der Waals surface area (Å²) in [5.74, 6) is -1.26. The third-order valence-electron chi connectivity index (χ3n) is 12.5. The zero-order chi connectivity index (χ0) is 44.5. The predicted molar refractivity (Wildman–Crippen MR) is 225 cm³/mol. The van der Waals surface area contributed by atoms with Crippen LogP contribution in [0.3, 0.4) is 0 Å². The van der Waals surface area contributed by atoms with Gasteiger partial charge in [0.15, 0.2) is 0 Å². The van der Waals surface area contributed by atoms with Gasteiger partial charge in [-0.25, -0.2) is 31.1 Å². The van der Waals surface area contributed by atoms with Crippen LogP contribution in [0.1, 0.15) is 77.2 Å². The summed E-state index contributed by atoms with van der Waals surface area (Å²) in [4.78, 5) is 58.3. The molecule has 5 fully saturated rings. The van der Waals surface area contributed by atoms with E-state index in [0.29, 0.717) is 96.3 Å². The summed E-state index contributed by atoms with van der Waals surface area (Å²) in [6.07, 6.45) is 6.08. The van der Waals surface area contributed by atoms with Gasteiger partial charge < -0.3 is 34.5 Å². The van der Waals surface area contributed by atoms with Crippen LogP contribution in [-0.4, -0.2) is 199 Å². The van der Waals surface area contributed by atoms with E-state index >= 15 is 0 Å². The molecule has 6 rings (SSSR count). The van der Waals surface area contributed by atoms with Crippen molar-refractivity contribution in [3.63, 3.8) is 0 Å². The first kappa shape index (κ1) is 48.4. The number of piperazine rings is 2. The number of carboxylic acids is 1. The molecule has 1 saturated carbocycles. The molecular weight excluding hydrogens is 817 g/mol. The van der Waals surface area contributed by atoms with E-state index in [1.165, 1.54) is 27.6 Å². The molecule has 1 aliphatic carbocycles. The quantitative estimate of drug-likeness (QED) is 0.295. The highest BCUT2D eigenvalue weighted by atomic mass is 32.2. The van der Waals surface area contributed by atoms with Crippen LogP contribution in [0.2, 0.25) is 0 Å². The van der Waals surface area contributed by atoms with Gasteiger partial charge in [-0.2, -0.15) is 0 Å². The smallest absolute Gasteiger partial charge is 0.410 e. The average Bonchev–Trinajstić information content (AvgIpc) is 4.01. The minimum Gasteiger partial charge on any atom is -0.480 e. The van der Waals surface area contributed by atoms with E-state index < -0.39 is 39.3 Å². The Kier molecular flexibility index (Phi) is 17.2. The number of benzene rings is 1. The molecule has 0 aromatic heterocycles. The average molecular weight is 884 g/mol. The number of hydrogen-bond acceptors (Lipinski definition) is 10. The number of piperidine rings is 2. The first-order valence-electron chi connectivity index (χ1n) is 21.8. The molecule has 4 saturated heterocycles. The Labute approximate surface area is 359 Å². The van der Waals surface area contributed by atoms with Crippen LogP contribution in [-0.2, 0) is 24.3 Å². The van der Waals surface area contributed by atoms with Crippen molar-refractivity contribution in [2.24, 2.45) is 11.8 Å². The number of rotatable bonds is 13. The largest absolute Gasteiger partial charge is 0.480 e. The van der Waals surface area contributed by atoms with E-state index in [4.69, 9.17) is 9.84 Å². The Hall–Kier alpha value is -3.65. The van der Waals surface area contributed by atoms with Gasteiger partial charge in [-0.15, -0.1) is 0 Å². The van der Waals surface area contributed by atoms with Crippen molar-refractivity contribution in [3.8, 4) is 0 Å². The molecule has 5 aliphatic rings. The number of halogens is 2. The van der Waals surface area contributed by atoms with Gasteiger partial charge in [0.2, 0.25) is 15.9 Å². The van der Waals surface area contributed by atoms with Crippen LogP contribution < -0.4 is 0 Å². The molecule has 3 amide bonds. The van der Waals surface area contributed by atoms with Gasteiger partial charge in [0, 0.05) is 97.2 Å². The Bertz CT molecular complexity index is 1730. The summed E-state index contributed by atoms with van der Waals surface area (Å²) in [5, 5.41) is 17.9. The predicted octanol–water partition coefficient (Wildman–Crippen LogP) is 3.73. The van der Waals surface area contributed by atoms with E-state index in [-0.39, 0.29) is 36.4 Å². The second kappa shape index (κ2) is 21.6. The minimum atomic E-state index is -3.27. The molecule has 2 N–H and O–H groups in total. The first-order valence-corrected chi connectivity index (χ1v) is 23.6. The van der Waals surface area contributed by atoms with Gasteiger partial charge in [-0.1, -0.05) is 0 Å². The molecule has 4 heterocycles. The fourth-order valence-corrected chi connectivity index (χ4v) is 9.74. The monoisotopic (exact) mass is 883 g/mol. The van der Waals surface area contributed by atoms with Crippen LogP contribution in [0.5, 0.6) is 0 Å². The molecule has 344 valence electrons. The number of carbonyl (C=O) groups is 4. The van der Waals surface area contributed by atoms with Crippen molar-refractivity contribution < 1.29 is 51.3 Å². The number of hydrogen-bond donors (Lipinski definition) is 2. The molecule has 4 aliphatic heterocycles. The fourth-order valence-electron chi connectivity index (χ4n) is 8.87. The van der Waals surface area contributed by atoms with Crippen LogP contribution >= 0.6 is 0 Å². The lowest BCUT2D eigenvalue weighted by Gasteiger charge is -2.41. The molecule has 0 radical (unpaired) electrons. The number of amides is 3. The van der Waals surface area contributed by atoms with Crippen LogP contribution in [0.15, 0.2) is 18.2 Å². The maximum absolute atomic E-state index is 14.2. The Balaban J connectivity index is 0.000000348. The van der Waals surface area contributed by atoms with E-state index in [1.54, 1.807) is 4.90 Å². The molecule has 0 bridgehead atoms. The van der Waals surface area contributed by atoms with Gasteiger partial charge in [0.25, 0.3) is 0 Å². The van der Waals surface area contributed by atoms with E-state index in [1.807, 2.05) is 25.7 Å². The normalized spacial score (nSPS) is 21.3. The van der Waals surface area contributed by atoms with E-state index in [9.17, 15) is 41.5 Å². The van der Waals surface area contributed by atoms with Crippen LogP contribution in [0.25, 0.3) is 0 Å². The van der Waals surface area contributed by atoms with E-state index in [0.717, 1.165) is 64.3 Å². The highest BCUT2D eigenvalue weighted by molar-refractivity contribution is 7.88. The summed E-state index contributed by atoms with van der Waals surface area (Å²) in [6, 6.07) is 3.91. The molecule has 61 heavy (non-hydrogen) atoms. The van der Waals surface area contributed by atoms with Crippen LogP contribution in [0, 0.1) is 23.5 Å². The van der Waals surface area contributed by atoms with Crippen molar-refractivity contribution in [2.75, 3.05) is 111 Å². The van der Waals surface area contributed by atoms with Crippen LogP contribution in [0.4, 0.5) is 18.4 Å². The number of carboxylic acid groups (broad SMARTS) is 2. The van der Waals surface area contributed by atoms with Crippen molar-refractivity contribution in [1.82, 2.24) is 33.7 Å². The Morgan fingerprint density at radius 3 is 1.79 bits per heavy atom. The third kappa shape index (κ3) is 15.6. The van der Waals surface area contributed by atoms with Gasteiger partial charge in [-0.3, -0.25) is 19.4 Å². The molecule has 16 nitrogen and oxygen atoms in total. The molecule has 0 spiro atoms. The lowest BCUT2D eigenvalue weighted by atomic mass is 9.78. The Morgan fingerprint density at radius 2 is 1.30 bits per heavy atom. The lowest BCUT2D eigenvalue weighted by Crippen LogP contribution is -2.54. The standard InChI is InChI=1S/C31H47F2N5O5S.C11H20N2O4/c1-44(42,43)37-12-4-24(5-13-37)29(25-18-26(32)20-27(33)19-25)8-11-34-9-6-28(7-10-34)38(21-23-2-3-23)30(39)22-35-14-16-36(17-15-35)31(40)41;1-11(2,3)17-10(16)13-6-4-12(5-7-13)8-9(14)15/h18-20,23-24,28-29H,2-17,21-22H2,1H3,(H,40,41);4-8H2,1-3H3,(H,14,15)/t29-;/m1./s1. The summed E-state index contributed by atoms with van der Waals surface area (Å²) >= 11 is 0. The summed E-state index contributed by atoms with van der Waals surface area (Å²) in [5.41, 5.74) is 0.149. The van der Waals surface area contributed by atoms with Gasteiger partial charge in [0.1, 0.15) is 17.2 Å². The number of nitrogens with zero attached hydrogens (tertiary/aromatic N) is 7. The zero-order valence-electron chi connectivity index (χ0n) is 36.4. The maximum atomic E-state index is 14.2. The lowest BCUT2D eigenvalue weighted by molar-refractivity contribution is -0.139. The maximum Gasteiger partial charge on any atom is 0.410 e. The number of likely N-dealkylation sites (tertiary alicyclic amines) is 1. The molecule has 0 unspecified atom stereocenters. The summed E-state index contributed by atoms with van der Waals surface area (Å²) in [6.45, 7) is 14.1. The number of sulfonamides is 1. The molecule has 19 heteroatoms. The highest BCUT2D eigenvalue weighted by Gasteiger charge is 2.36. The number of carbonyl (C=O) groups excluding carboxylic acids is 2. The summed E-state index contributed by atoms with van der Waals surface area (Å²) < 4.78 is 59.3. The molecule has 1 aromatic rings. The van der Waals surface area contributed by atoms with Crippen molar-refractivity contribution in [2.45, 2.75) is 83.3 Å². The fraction of sp³-hybridized carbons (Fsp3) is 0.762. The Morgan fingerprint density at radius 1 is 0.754 bits per heavy atom. The van der Waals surface area contributed by atoms with Crippen molar-refractivity contribution in [1.29, 1.82) is 0 Å². The van der Waals surface area contributed by atoms with Gasteiger partial charge in [-0.05, 0) is 108 Å². The molecule has 1 aromatic carbocycles. The topological polar surface area (TPSA) is 175 Å². The second-order valence-corrected chi connectivity index (χ2v) is 20.3. The zero-order valence-corrected chi connectivity index (χ0v) is 37.2. The highest BCUT2D eigenvalue weighted by Crippen LogP contribution is 2.37. The van der Waals surface area contributed by atoms with Crippen molar-refractivity contribution >= 4 is 34.1 Å². The van der Waals surface area contributed by atoms with Gasteiger partial charge >= 0.3 is 18.2 Å². The second-order valence-electron chi connectivity index (χ2n) is 18.3. The SMILES string of the molecule is CC(C)(C)OC(=O)N1CCN(CC(=O)O)CC1.CS(=O)(=O)N1CCC([C@@H](CCN2CCC(N(CC3CC3)C(=O)CN3CCN(C(=O)O)CC3)CC2)c2cc(F)cc(F)c2)CC1. The molecular formula is C42H67F2N7O9S. The first-order chi connectivity index (χ1) is 28.7. The van der Waals surface area contributed by atoms with Crippen molar-refractivity contribution in [3.05, 3.63) is 35.4 Å². The summed E-state index contributed by atoms with van der Waals surface area (Å²) in [7, 11) is -3.27. The van der Waals surface area contributed by atoms with E-state index in [2.05, 4.69) is 14.7 Å². The molecule has 1 atom stereocenters. The number of aliphatic carboxylic acids is 1.